The minimum atomic E-state index is -2.84. The standard InChI is InChI=1S/C28H39N7O3.C28H39N7O2.C23H28F2N6O3/c1-19-4-6-21(7-5-19)24-14-23(25-16-29-27(32-35(24)25)31-20(2)18-37-3)22-15-30-34(17-22)28(8-9-28)26(36)33-10-12-38-13-11-33;1-19-6-8-21(9-7-19)24-14-23(25-16-29-27(32-35(24)25)31-20(2)18-37-3)22-15-30-34(17-22)28(10-11-28)26(36)33-12-4-5-13-33;1-13(12-34-22(24)25)29-23-28-11-20-17(15-7-8-27-18(9-15)21(33)26-2)10-19(31(20)30-23)14-3-5-16(32)6-4-14/h14-17,19-21H,4-13,18H2,1-3H3,(H,31,32);14-17,19-21H,4-13,18H2,1-3H3,(H,31,32);7-11,13-14,16,22,32H,3-6,12H2,1-2H3,(H,26,33)(H,29,30)/t2*19?,20-,21?;13-,14?,16?/m000/s1. The summed E-state index contributed by atoms with van der Waals surface area (Å²) in [5.74, 6) is 4.28. The van der Waals surface area contributed by atoms with Crippen molar-refractivity contribution in [3.05, 3.63) is 103 Å². The van der Waals surface area contributed by atoms with Crippen molar-refractivity contribution < 1.29 is 47.2 Å². The Morgan fingerprint density at radius 2 is 0.954 bits per heavy atom. The summed E-state index contributed by atoms with van der Waals surface area (Å²) in [4.78, 5) is 60.6. The highest BCUT2D eigenvalue weighted by Crippen LogP contribution is 2.49. The van der Waals surface area contributed by atoms with E-state index in [4.69, 9.17) is 34.6 Å². The number of morpholine rings is 1. The van der Waals surface area contributed by atoms with Gasteiger partial charge in [-0.3, -0.25) is 28.7 Å². The number of nitrogens with one attached hydrogen (secondary N) is 4. The smallest absolute Gasteiger partial charge is 0.345 e. The van der Waals surface area contributed by atoms with Crippen LogP contribution in [0.2, 0.25) is 0 Å². The van der Waals surface area contributed by atoms with Crippen LogP contribution < -0.4 is 21.3 Å². The highest BCUT2D eigenvalue weighted by Gasteiger charge is 2.56. The molecule has 5 saturated carbocycles. The molecule has 2 saturated heterocycles. The molecule has 0 bridgehead atoms. The number of pyridine rings is 1. The van der Waals surface area contributed by atoms with Crippen molar-refractivity contribution in [2.45, 2.75) is 210 Å². The van der Waals surface area contributed by atoms with E-state index in [1.165, 1.54) is 49.9 Å². The molecular weight excluding hydrogens is 1390 g/mol. The van der Waals surface area contributed by atoms with Crippen molar-refractivity contribution in [3.63, 3.8) is 0 Å². The fraction of sp³-hybridized carbons (Fsp3) is 0.595. The van der Waals surface area contributed by atoms with Gasteiger partial charge in [0, 0.05) is 147 Å². The van der Waals surface area contributed by atoms with Gasteiger partial charge < -0.3 is 55.1 Å². The highest BCUT2D eigenvalue weighted by atomic mass is 19.3. The van der Waals surface area contributed by atoms with Crippen molar-refractivity contribution in [2.24, 2.45) is 11.8 Å². The van der Waals surface area contributed by atoms with Crippen molar-refractivity contribution >= 4 is 52.1 Å². The van der Waals surface area contributed by atoms with Crippen molar-refractivity contribution in [1.29, 1.82) is 0 Å². The fourth-order valence-electron chi connectivity index (χ4n) is 16.6. The molecule has 0 unspecified atom stereocenters. The first-order valence-electron chi connectivity index (χ1n) is 39.3. The van der Waals surface area contributed by atoms with Gasteiger partial charge in [0.2, 0.25) is 17.8 Å². The summed E-state index contributed by atoms with van der Waals surface area (Å²) < 4.78 is 54.9. The Kier molecular flexibility index (Phi) is 23.6. The molecule has 0 radical (unpaired) electrons. The topological polar surface area (TPSA) is 302 Å². The van der Waals surface area contributed by atoms with Gasteiger partial charge in [-0.25, -0.2) is 28.5 Å². The van der Waals surface area contributed by atoms with E-state index in [-0.39, 0.29) is 54.4 Å². The predicted molar refractivity (Wildman–Crippen MR) is 409 cm³/mol. The number of aliphatic hydroxyl groups is 1. The number of anilines is 3. The predicted octanol–water partition coefficient (Wildman–Crippen LogP) is 11.3. The van der Waals surface area contributed by atoms with Crippen LogP contribution in [0.15, 0.2) is 79.9 Å². The van der Waals surface area contributed by atoms with Crippen LogP contribution in [0, 0.1) is 11.8 Å². The lowest BCUT2D eigenvalue weighted by Crippen LogP contribution is -2.47. The normalized spacial score (nSPS) is 22.5. The number of methoxy groups -OCH3 is 2. The lowest BCUT2D eigenvalue weighted by Gasteiger charge is -2.30. The minimum Gasteiger partial charge on any atom is -0.393 e. The fourth-order valence-corrected chi connectivity index (χ4v) is 16.6. The summed E-state index contributed by atoms with van der Waals surface area (Å²) in [6.07, 6.45) is 33.0. The van der Waals surface area contributed by atoms with Crippen molar-refractivity contribution in [2.75, 3.05) is 96.4 Å². The van der Waals surface area contributed by atoms with Gasteiger partial charge >= 0.3 is 6.61 Å². The number of aliphatic hydroxyl groups excluding tert-OH is 1. The van der Waals surface area contributed by atoms with Gasteiger partial charge in [0.1, 0.15) is 16.8 Å². The number of hydrogen-bond donors (Lipinski definition) is 5. The minimum absolute atomic E-state index is 0.100. The van der Waals surface area contributed by atoms with Crippen LogP contribution in [0.3, 0.4) is 0 Å². The molecule has 3 atom stereocenters. The molecule has 5 aliphatic carbocycles. The van der Waals surface area contributed by atoms with E-state index in [0.717, 1.165) is 145 Å². The Labute approximate surface area is 634 Å². The molecule has 5 N–H and O–H groups in total. The first-order chi connectivity index (χ1) is 52.8. The van der Waals surface area contributed by atoms with Crippen LogP contribution >= 0.6 is 0 Å². The molecule has 7 aliphatic rings. The zero-order valence-electron chi connectivity index (χ0n) is 64.1. The van der Waals surface area contributed by atoms with E-state index >= 15 is 0 Å². The summed E-state index contributed by atoms with van der Waals surface area (Å²) in [6.45, 7) is 12.9. The number of nitrogens with zero attached hydrogens (tertiary/aromatic N) is 16. The van der Waals surface area contributed by atoms with Crippen molar-refractivity contribution in [1.82, 2.24) is 83.5 Å². The zero-order chi connectivity index (χ0) is 76.1. The summed E-state index contributed by atoms with van der Waals surface area (Å²) in [5, 5.41) is 46.2. The number of hydrogen-bond acceptors (Lipinski definition) is 20. The van der Waals surface area contributed by atoms with Crippen LogP contribution in [0.1, 0.15) is 196 Å². The summed E-state index contributed by atoms with van der Waals surface area (Å²) in [6, 6.07) is 9.94. The second-order valence-electron chi connectivity index (χ2n) is 31.5. The Morgan fingerprint density at radius 3 is 1.36 bits per heavy atom. The molecule has 0 spiro atoms. The van der Waals surface area contributed by atoms with Crippen LogP contribution in [-0.4, -0.2) is 212 Å². The molecule has 11 heterocycles. The number of aromatic nitrogens is 14. The maximum absolute atomic E-state index is 13.4. The molecule has 7 fully saturated rings. The van der Waals surface area contributed by atoms with Gasteiger partial charge in [-0.1, -0.05) is 39.5 Å². The number of fused-ring (bicyclic) bond motifs is 3. The molecule has 28 nitrogen and oxygen atoms in total. The van der Waals surface area contributed by atoms with Crippen LogP contribution in [0.5, 0.6) is 0 Å². The van der Waals surface area contributed by atoms with Crippen molar-refractivity contribution in [3.8, 4) is 33.4 Å². The van der Waals surface area contributed by atoms with Gasteiger partial charge in [0.05, 0.1) is 86.7 Å². The summed E-state index contributed by atoms with van der Waals surface area (Å²) in [5.41, 5.74) is 11.2. The third-order valence-corrected chi connectivity index (χ3v) is 23.2. The Bertz CT molecular complexity index is 4610. The lowest BCUT2D eigenvalue weighted by molar-refractivity contribution is -0.140. The van der Waals surface area contributed by atoms with E-state index in [1.54, 1.807) is 46.7 Å². The van der Waals surface area contributed by atoms with Crippen LogP contribution in [0.25, 0.3) is 49.9 Å². The summed E-state index contributed by atoms with van der Waals surface area (Å²) in [7, 11) is 4.95. The van der Waals surface area contributed by atoms with Gasteiger partial charge in [-0.2, -0.15) is 19.0 Å². The Morgan fingerprint density at radius 1 is 0.550 bits per heavy atom. The average Bonchev–Trinajstić information content (AvgIpc) is 1.58. The van der Waals surface area contributed by atoms with E-state index in [2.05, 4.69) is 106 Å². The number of carbonyl (C=O) groups is 3. The van der Waals surface area contributed by atoms with Gasteiger partial charge in [-0.15, -0.1) is 15.3 Å². The van der Waals surface area contributed by atoms with Gasteiger partial charge in [0.25, 0.3) is 17.7 Å². The van der Waals surface area contributed by atoms with E-state index in [9.17, 15) is 28.3 Å². The number of amides is 3. The quantitative estimate of drug-likeness (QED) is 0.0375. The number of rotatable bonds is 24. The third-order valence-electron chi connectivity index (χ3n) is 23.2. The molecule has 584 valence electrons. The first-order valence-corrected chi connectivity index (χ1v) is 39.3. The number of likely N-dealkylation sites (tertiary alicyclic amines) is 1. The molecule has 2 aliphatic heterocycles. The molecule has 109 heavy (non-hydrogen) atoms. The molecule has 9 aromatic rings. The second kappa shape index (κ2) is 33.6. The third kappa shape index (κ3) is 17.0. The largest absolute Gasteiger partial charge is 0.393 e. The maximum Gasteiger partial charge on any atom is 0.345 e. The Balaban J connectivity index is 0.000000137. The maximum atomic E-state index is 13.4. The second-order valence-corrected chi connectivity index (χ2v) is 31.5. The molecule has 3 amide bonds. The molecular formula is C79H106F2N20O8. The number of carbonyl (C=O) groups excluding carboxylic acids is 3. The van der Waals surface area contributed by atoms with Gasteiger partial charge in [-0.05, 0) is 158 Å². The SMILES string of the molecule is CNC(=O)c1cc(-c2cc(C3CCC(O)CC3)n3nc(N[C@@H](C)COC(F)F)ncc23)ccn1.COC[C@H](C)Nc1ncc2c(-c3cnn(C4(C(=O)N5CCCC5)CC4)c3)cc(C3CCC(C)CC3)n2n1.COC[C@H](C)Nc1ncc2c(-c3cnn(C4(C(=O)N5CCOCC5)CC4)c3)cc(C3CCC(C)CC3)n2n1. The lowest BCUT2D eigenvalue weighted by atomic mass is 9.81. The van der Waals surface area contributed by atoms with E-state index < -0.39 is 23.7 Å². The zero-order valence-corrected chi connectivity index (χ0v) is 64.1. The Hall–Kier alpha value is -9.10. The summed E-state index contributed by atoms with van der Waals surface area (Å²) >= 11 is 0. The monoisotopic (exact) mass is 1500 g/mol. The van der Waals surface area contributed by atoms with E-state index in [0.29, 0.717) is 81.8 Å². The average molecular weight is 1500 g/mol. The number of halogens is 2. The van der Waals surface area contributed by atoms with E-state index in [1.807, 2.05) is 66.8 Å². The molecule has 0 aromatic carbocycles. The van der Waals surface area contributed by atoms with Crippen LogP contribution in [0.4, 0.5) is 26.6 Å². The molecule has 9 aromatic heterocycles. The number of alkyl halides is 2. The molecule has 16 rings (SSSR count). The van der Waals surface area contributed by atoms with Gasteiger partial charge in [0.15, 0.2) is 0 Å². The number of ether oxygens (including phenoxy) is 4. The first kappa shape index (κ1) is 76.7. The highest BCUT2D eigenvalue weighted by molar-refractivity contribution is 5.94. The van der Waals surface area contributed by atoms with Crippen LogP contribution in [-0.2, 0) is 39.6 Å². The molecule has 30 heteroatoms.